The molecule has 2 heterocycles. The summed E-state index contributed by atoms with van der Waals surface area (Å²) in [4.78, 5) is 46.6. The molecule has 12 heteroatoms. The molecule has 3 N–H and O–H groups in total. The van der Waals surface area contributed by atoms with E-state index in [4.69, 9.17) is 4.74 Å². The van der Waals surface area contributed by atoms with E-state index in [2.05, 4.69) is 25.8 Å². The largest absolute Gasteiger partial charge is 0.457 e. The molecule has 0 radical (unpaired) electrons. The predicted molar refractivity (Wildman–Crippen MR) is 158 cm³/mol. The molecule has 1 saturated heterocycles. The van der Waals surface area contributed by atoms with Gasteiger partial charge in [-0.3, -0.25) is 14.9 Å². The lowest BCUT2D eigenvalue weighted by molar-refractivity contribution is -0.131. The highest BCUT2D eigenvalue weighted by Crippen LogP contribution is 2.47. The van der Waals surface area contributed by atoms with Gasteiger partial charge in [-0.25, -0.2) is 18.6 Å². The van der Waals surface area contributed by atoms with Gasteiger partial charge in [-0.1, -0.05) is 0 Å². The number of likely N-dealkylation sites (tertiary alicyclic amines) is 1. The normalized spacial score (nSPS) is 16.0. The van der Waals surface area contributed by atoms with Crippen molar-refractivity contribution in [3.05, 3.63) is 72.4 Å². The van der Waals surface area contributed by atoms with Gasteiger partial charge in [0, 0.05) is 43.7 Å². The smallest absolute Gasteiger partial charge is 0.323 e. The summed E-state index contributed by atoms with van der Waals surface area (Å²) in [5.74, 6) is -0.995. The van der Waals surface area contributed by atoms with Crippen LogP contribution in [-0.4, -0.2) is 66.4 Å². The number of hydrogen-bond donors (Lipinski definition) is 3. The van der Waals surface area contributed by atoms with Gasteiger partial charge in [0.2, 0.25) is 11.8 Å². The van der Waals surface area contributed by atoms with E-state index in [9.17, 15) is 23.2 Å². The molecule has 2 aromatic carbocycles. The van der Waals surface area contributed by atoms with Gasteiger partial charge < -0.3 is 25.2 Å². The average Bonchev–Trinajstić information content (AvgIpc) is 3.79. The highest BCUT2D eigenvalue weighted by molar-refractivity contribution is 6.16. The van der Waals surface area contributed by atoms with E-state index >= 15 is 0 Å². The van der Waals surface area contributed by atoms with E-state index < -0.39 is 28.9 Å². The Kier molecular flexibility index (Phi) is 8.86. The monoisotopic (exact) mass is 592 g/mol. The topological polar surface area (TPSA) is 116 Å². The van der Waals surface area contributed by atoms with E-state index in [-0.39, 0.29) is 17.5 Å². The van der Waals surface area contributed by atoms with Gasteiger partial charge in [-0.15, -0.1) is 0 Å². The van der Waals surface area contributed by atoms with Gasteiger partial charge >= 0.3 is 6.03 Å². The summed E-state index contributed by atoms with van der Waals surface area (Å²) in [7, 11) is 4.10. The zero-order chi connectivity index (χ0) is 30.6. The molecule has 43 heavy (non-hydrogen) atoms. The summed E-state index contributed by atoms with van der Waals surface area (Å²) in [5.41, 5.74) is -1.07. The molecule has 0 unspecified atom stereocenters. The Morgan fingerprint density at radius 1 is 0.930 bits per heavy atom. The third-order valence-corrected chi connectivity index (χ3v) is 7.64. The van der Waals surface area contributed by atoms with Crippen molar-refractivity contribution in [3.63, 3.8) is 0 Å². The van der Waals surface area contributed by atoms with Crippen LogP contribution in [0.15, 0.2) is 60.8 Å². The third-order valence-electron chi connectivity index (χ3n) is 7.64. The first-order valence-corrected chi connectivity index (χ1v) is 14.1. The first-order chi connectivity index (χ1) is 20.6. The number of ether oxygens (including phenoxy) is 1. The minimum Gasteiger partial charge on any atom is -0.457 e. The van der Waals surface area contributed by atoms with Crippen LogP contribution in [-0.2, 0) is 9.59 Å². The van der Waals surface area contributed by atoms with Crippen molar-refractivity contribution in [1.82, 2.24) is 14.8 Å². The molecule has 0 atom stereocenters. The molecular weight excluding hydrogens is 558 g/mol. The number of amides is 4. The van der Waals surface area contributed by atoms with Crippen LogP contribution >= 0.6 is 0 Å². The maximum absolute atomic E-state index is 15.0. The first kappa shape index (κ1) is 29.9. The second-order valence-corrected chi connectivity index (χ2v) is 11.2. The average molecular weight is 593 g/mol. The Labute approximate surface area is 248 Å². The number of piperidine rings is 1. The van der Waals surface area contributed by atoms with Crippen LogP contribution < -0.4 is 20.7 Å². The molecule has 2 fully saturated rings. The van der Waals surface area contributed by atoms with Gasteiger partial charge in [0.15, 0.2) is 0 Å². The molecule has 0 bridgehead atoms. The van der Waals surface area contributed by atoms with E-state index in [1.54, 1.807) is 17.0 Å². The van der Waals surface area contributed by atoms with Gasteiger partial charge in [-0.05, 0) is 88.2 Å². The van der Waals surface area contributed by atoms with E-state index in [0.717, 1.165) is 25.5 Å². The number of aromatic nitrogens is 1. The van der Waals surface area contributed by atoms with Crippen molar-refractivity contribution in [3.8, 4) is 11.5 Å². The molecule has 1 saturated carbocycles. The van der Waals surface area contributed by atoms with Gasteiger partial charge in [-0.2, -0.15) is 0 Å². The van der Waals surface area contributed by atoms with Crippen LogP contribution in [0.3, 0.4) is 0 Å². The Morgan fingerprint density at radius 2 is 1.60 bits per heavy atom. The molecule has 1 aliphatic heterocycles. The van der Waals surface area contributed by atoms with Crippen LogP contribution in [0.4, 0.5) is 30.8 Å². The third kappa shape index (κ3) is 7.44. The van der Waals surface area contributed by atoms with E-state index in [1.807, 2.05) is 14.1 Å². The van der Waals surface area contributed by atoms with Crippen molar-refractivity contribution in [2.24, 2.45) is 11.3 Å². The van der Waals surface area contributed by atoms with Gasteiger partial charge in [0.25, 0.3) is 0 Å². The van der Waals surface area contributed by atoms with Gasteiger partial charge in [0.05, 0.1) is 5.69 Å². The van der Waals surface area contributed by atoms with Crippen LogP contribution in [0.5, 0.6) is 11.5 Å². The van der Waals surface area contributed by atoms with Crippen molar-refractivity contribution in [1.29, 1.82) is 0 Å². The second kappa shape index (κ2) is 12.7. The zero-order valence-electron chi connectivity index (χ0n) is 24.0. The van der Waals surface area contributed by atoms with Crippen LogP contribution in [0, 0.1) is 23.0 Å². The maximum atomic E-state index is 15.0. The minimum absolute atomic E-state index is 0.102. The standard InChI is InChI=1S/C31H34F2N6O4/c1-38(2)19-20-10-15-39(16-11-20)30(42)37-27-18-24(9-14-34-27)43-23-7-8-26(25(33)17-23)36-29(41)31(12-13-31)28(40)35-22-5-3-21(32)4-6-22/h3-9,14,17-18,20H,10-13,15-16,19H2,1-2H3,(H,35,40)(H,36,41)(H,34,37,42). The Balaban J connectivity index is 1.15. The van der Waals surface area contributed by atoms with Crippen LogP contribution in [0.1, 0.15) is 25.7 Å². The SMILES string of the molecule is CN(C)CC1CCN(C(=O)Nc2cc(Oc3ccc(NC(=O)C4(C(=O)Nc5ccc(F)cc5)CC4)c(F)c3)ccn2)CC1. The fourth-order valence-electron chi connectivity index (χ4n) is 5.07. The molecule has 1 aromatic heterocycles. The number of nitrogens with zero attached hydrogens (tertiary/aromatic N) is 3. The lowest BCUT2D eigenvalue weighted by atomic mass is 9.97. The van der Waals surface area contributed by atoms with Gasteiger partial charge in [0.1, 0.15) is 34.4 Å². The van der Waals surface area contributed by atoms with Crippen molar-refractivity contribution >= 4 is 35.0 Å². The molecule has 10 nitrogen and oxygen atoms in total. The Morgan fingerprint density at radius 3 is 2.26 bits per heavy atom. The Bertz CT molecular complexity index is 1490. The van der Waals surface area contributed by atoms with Crippen molar-refractivity contribution < 1.29 is 27.9 Å². The predicted octanol–water partition coefficient (Wildman–Crippen LogP) is 5.32. The molecule has 0 spiro atoms. The molecule has 226 valence electrons. The zero-order valence-corrected chi connectivity index (χ0v) is 24.0. The fraction of sp³-hybridized carbons (Fsp3) is 0.355. The molecule has 2 aliphatic rings. The minimum atomic E-state index is -1.32. The summed E-state index contributed by atoms with van der Waals surface area (Å²) >= 11 is 0. The molecule has 1 aliphatic carbocycles. The van der Waals surface area contributed by atoms with Crippen LogP contribution in [0.25, 0.3) is 0 Å². The highest BCUT2D eigenvalue weighted by Gasteiger charge is 2.56. The molecule has 4 amide bonds. The highest BCUT2D eigenvalue weighted by atomic mass is 19.1. The summed E-state index contributed by atoms with van der Waals surface area (Å²) < 4.78 is 33.9. The number of benzene rings is 2. The lowest BCUT2D eigenvalue weighted by Gasteiger charge is -2.33. The number of hydrogen-bond acceptors (Lipinski definition) is 6. The lowest BCUT2D eigenvalue weighted by Crippen LogP contribution is -2.42. The maximum Gasteiger partial charge on any atom is 0.323 e. The van der Waals surface area contributed by atoms with Crippen LogP contribution in [0.2, 0.25) is 0 Å². The number of anilines is 3. The van der Waals surface area contributed by atoms with Crippen molar-refractivity contribution in [2.75, 3.05) is 49.7 Å². The Hall–Kier alpha value is -4.58. The second-order valence-electron chi connectivity index (χ2n) is 11.2. The summed E-state index contributed by atoms with van der Waals surface area (Å²) in [6, 6.07) is 12.0. The number of carbonyl (C=O) groups is 3. The molecule has 3 aromatic rings. The summed E-state index contributed by atoms with van der Waals surface area (Å²) in [6.45, 7) is 2.34. The number of nitrogens with one attached hydrogen (secondary N) is 3. The molecule has 5 rings (SSSR count). The number of pyridine rings is 1. The van der Waals surface area contributed by atoms with E-state index in [1.165, 1.54) is 42.6 Å². The fourth-order valence-corrected chi connectivity index (χ4v) is 5.07. The van der Waals surface area contributed by atoms with E-state index in [0.29, 0.717) is 49.1 Å². The number of halogens is 2. The molecular formula is C31H34F2N6O4. The summed E-state index contributed by atoms with van der Waals surface area (Å²) in [6.07, 6.45) is 3.97. The number of rotatable bonds is 9. The van der Waals surface area contributed by atoms with Crippen molar-refractivity contribution in [2.45, 2.75) is 25.7 Å². The summed E-state index contributed by atoms with van der Waals surface area (Å²) in [5, 5.41) is 7.91. The quantitative estimate of drug-likeness (QED) is 0.290. The number of urea groups is 1. The number of carbonyl (C=O) groups excluding carboxylic acids is 3. The first-order valence-electron chi connectivity index (χ1n) is 14.1.